The van der Waals surface area contributed by atoms with Crippen molar-refractivity contribution in [2.24, 2.45) is 0 Å². The fourth-order valence-corrected chi connectivity index (χ4v) is 1.38. The van der Waals surface area contributed by atoms with Crippen molar-refractivity contribution in [2.45, 2.75) is 6.10 Å². The van der Waals surface area contributed by atoms with Gasteiger partial charge in [-0.3, -0.25) is 0 Å². The van der Waals surface area contributed by atoms with Gasteiger partial charge in [0.1, 0.15) is 6.10 Å². The molecule has 0 radical (unpaired) electrons. The third kappa shape index (κ3) is 1.48. The van der Waals surface area contributed by atoms with Gasteiger partial charge in [0.2, 0.25) is 0 Å². The molecule has 0 aromatic carbocycles. The van der Waals surface area contributed by atoms with E-state index in [0.717, 1.165) is 5.56 Å². The molecule has 74 valence electrons. The molecule has 1 fully saturated rings. The fourth-order valence-electron chi connectivity index (χ4n) is 1.38. The van der Waals surface area contributed by atoms with Crippen LogP contribution in [0.4, 0.5) is 4.79 Å². The van der Waals surface area contributed by atoms with Crippen LogP contribution in [0.2, 0.25) is 0 Å². The van der Waals surface area contributed by atoms with Crippen molar-refractivity contribution in [2.75, 3.05) is 13.6 Å². The van der Waals surface area contributed by atoms with Gasteiger partial charge in [0.05, 0.1) is 6.54 Å². The summed E-state index contributed by atoms with van der Waals surface area (Å²) in [5, 5.41) is 10.8. The van der Waals surface area contributed by atoms with Crippen molar-refractivity contribution < 1.29 is 14.3 Å². The van der Waals surface area contributed by atoms with E-state index >= 15 is 0 Å². The molecule has 1 unspecified atom stereocenters. The number of cyclic esters (lactones) is 1. The third-order valence-corrected chi connectivity index (χ3v) is 2.19. The zero-order chi connectivity index (χ0) is 10.1. The highest BCUT2D eigenvalue weighted by atomic mass is 16.6. The lowest BCUT2D eigenvalue weighted by atomic mass is 10.1. The molecular weight excluding hydrogens is 184 g/mol. The van der Waals surface area contributed by atoms with Gasteiger partial charge in [-0.05, 0) is 0 Å². The molecule has 1 aromatic heterocycles. The molecule has 1 saturated heterocycles. The Hall–Kier alpha value is -1.78. The largest absolute Gasteiger partial charge is 0.619 e. The van der Waals surface area contributed by atoms with Crippen LogP contribution in [0.3, 0.4) is 0 Å². The summed E-state index contributed by atoms with van der Waals surface area (Å²) in [6.07, 6.45) is 2.20. The van der Waals surface area contributed by atoms with E-state index in [4.69, 9.17) is 4.74 Å². The zero-order valence-electron chi connectivity index (χ0n) is 7.71. The van der Waals surface area contributed by atoms with Gasteiger partial charge in [0.15, 0.2) is 12.4 Å². The Morgan fingerprint density at radius 3 is 2.71 bits per heavy atom. The minimum Gasteiger partial charge on any atom is -0.619 e. The maximum Gasteiger partial charge on any atom is 0.410 e. The van der Waals surface area contributed by atoms with E-state index in [2.05, 4.69) is 0 Å². The van der Waals surface area contributed by atoms with E-state index in [0.29, 0.717) is 11.3 Å². The van der Waals surface area contributed by atoms with Gasteiger partial charge in [-0.25, -0.2) is 4.79 Å². The average molecular weight is 194 g/mol. The first-order chi connectivity index (χ1) is 6.66. The summed E-state index contributed by atoms with van der Waals surface area (Å²) >= 11 is 0. The van der Waals surface area contributed by atoms with Crippen LogP contribution in [0.15, 0.2) is 24.5 Å². The molecule has 1 amide bonds. The molecule has 0 aliphatic carbocycles. The lowest BCUT2D eigenvalue weighted by Gasteiger charge is -2.06. The molecule has 2 rings (SSSR count). The number of hydrogen-bond donors (Lipinski definition) is 0. The predicted octanol–water partition coefficient (Wildman–Crippen LogP) is 0.443. The van der Waals surface area contributed by atoms with Gasteiger partial charge < -0.3 is 14.8 Å². The van der Waals surface area contributed by atoms with Gasteiger partial charge >= 0.3 is 6.09 Å². The van der Waals surface area contributed by atoms with Crippen molar-refractivity contribution in [1.29, 1.82) is 0 Å². The summed E-state index contributed by atoms with van der Waals surface area (Å²) in [7, 11) is 1.68. The summed E-state index contributed by atoms with van der Waals surface area (Å²) in [4.78, 5) is 12.6. The number of aromatic nitrogens is 1. The SMILES string of the molecule is CN1CC(c2cc[n+]([O-])cc2)OC1=O. The third-order valence-electron chi connectivity index (χ3n) is 2.19. The number of likely N-dealkylation sites (N-methyl/N-ethyl adjacent to an activating group) is 1. The van der Waals surface area contributed by atoms with Gasteiger partial charge in [-0.15, -0.1) is 0 Å². The standard InChI is InChI=1S/C9H10N2O3/c1-10-6-8(14-9(10)12)7-2-4-11(13)5-3-7/h2-5,8H,6H2,1H3. The van der Waals surface area contributed by atoms with E-state index in [9.17, 15) is 10.0 Å². The molecule has 0 saturated carbocycles. The van der Waals surface area contributed by atoms with Crippen molar-refractivity contribution >= 4 is 6.09 Å². The maximum atomic E-state index is 11.1. The lowest BCUT2D eigenvalue weighted by Crippen LogP contribution is -2.24. The zero-order valence-corrected chi connectivity index (χ0v) is 7.71. The topological polar surface area (TPSA) is 56.5 Å². The molecule has 14 heavy (non-hydrogen) atoms. The van der Waals surface area contributed by atoms with Crippen molar-refractivity contribution in [3.8, 4) is 0 Å². The van der Waals surface area contributed by atoms with E-state index < -0.39 is 0 Å². The monoisotopic (exact) mass is 194 g/mol. The predicted molar refractivity (Wildman–Crippen MR) is 47.3 cm³/mol. The number of carbonyl (C=O) groups excluding carboxylic acids is 1. The number of amides is 1. The molecular formula is C9H10N2O3. The normalized spacial score (nSPS) is 21.1. The van der Waals surface area contributed by atoms with E-state index in [-0.39, 0.29) is 12.2 Å². The molecule has 1 aliphatic rings. The number of carbonyl (C=O) groups is 1. The highest BCUT2D eigenvalue weighted by Gasteiger charge is 2.29. The first-order valence-electron chi connectivity index (χ1n) is 4.27. The van der Waals surface area contributed by atoms with Gasteiger partial charge in [0.25, 0.3) is 0 Å². The van der Waals surface area contributed by atoms with Crippen LogP contribution >= 0.6 is 0 Å². The Bertz CT molecular complexity index is 350. The molecule has 5 nitrogen and oxygen atoms in total. The Morgan fingerprint density at radius 1 is 1.57 bits per heavy atom. The average Bonchev–Trinajstić information content (AvgIpc) is 2.48. The number of rotatable bonds is 1. The summed E-state index contributed by atoms with van der Waals surface area (Å²) in [5.41, 5.74) is 0.842. The molecule has 1 aromatic rings. The van der Waals surface area contributed by atoms with Crippen LogP contribution in [0.1, 0.15) is 11.7 Å². The second-order valence-electron chi connectivity index (χ2n) is 3.24. The summed E-state index contributed by atoms with van der Waals surface area (Å²) in [6, 6.07) is 3.31. The first kappa shape index (κ1) is 8.80. The van der Waals surface area contributed by atoms with Crippen LogP contribution in [-0.2, 0) is 4.74 Å². The Balaban J connectivity index is 2.17. The Kier molecular flexibility index (Phi) is 1.99. The molecule has 1 atom stereocenters. The van der Waals surface area contributed by atoms with E-state index in [1.165, 1.54) is 17.3 Å². The molecule has 1 aliphatic heterocycles. The van der Waals surface area contributed by atoms with Crippen molar-refractivity contribution in [3.63, 3.8) is 0 Å². The lowest BCUT2D eigenvalue weighted by molar-refractivity contribution is -0.605. The molecule has 0 spiro atoms. The second kappa shape index (κ2) is 3.17. The highest BCUT2D eigenvalue weighted by molar-refractivity contribution is 5.69. The van der Waals surface area contributed by atoms with Crippen LogP contribution in [0.5, 0.6) is 0 Å². The smallest absolute Gasteiger partial charge is 0.410 e. The molecule has 2 heterocycles. The minimum atomic E-state index is -0.325. The van der Waals surface area contributed by atoms with Crippen molar-refractivity contribution in [3.05, 3.63) is 35.3 Å². The summed E-state index contributed by atoms with van der Waals surface area (Å²) in [6.45, 7) is 0.529. The number of hydrogen-bond acceptors (Lipinski definition) is 3. The fraction of sp³-hybridized carbons (Fsp3) is 0.333. The number of pyridine rings is 1. The molecule has 5 heteroatoms. The Labute approximate surface area is 81.1 Å². The number of ether oxygens (including phenoxy) is 1. The summed E-state index contributed by atoms with van der Waals surface area (Å²) < 4.78 is 5.77. The molecule has 0 N–H and O–H groups in total. The van der Waals surface area contributed by atoms with E-state index in [1.54, 1.807) is 19.2 Å². The van der Waals surface area contributed by atoms with Gasteiger partial charge in [-0.1, -0.05) is 0 Å². The maximum absolute atomic E-state index is 11.1. The van der Waals surface area contributed by atoms with Gasteiger partial charge in [-0.2, -0.15) is 4.73 Å². The minimum absolute atomic E-state index is 0.256. The van der Waals surface area contributed by atoms with E-state index in [1.807, 2.05) is 0 Å². The first-order valence-corrected chi connectivity index (χ1v) is 4.27. The van der Waals surface area contributed by atoms with Crippen LogP contribution in [-0.4, -0.2) is 24.6 Å². The van der Waals surface area contributed by atoms with Crippen LogP contribution in [0, 0.1) is 5.21 Å². The van der Waals surface area contributed by atoms with Gasteiger partial charge in [0, 0.05) is 24.7 Å². The van der Waals surface area contributed by atoms with Crippen LogP contribution in [0.25, 0.3) is 0 Å². The highest BCUT2D eigenvalue weighted by Crippen LogP contribution is 2.23. The Morgan fingerprint density at radius 2 is 2.21 bits per heavy atom. The molecule has 0 bridgehead atoms. The quantitative estimate of drug-likeness (QED) is 0.481. The van der Waals surface area contributed by atoms with Crippen molar-refractivity contribution in [1.82, 2.24) is 4.90 Å². The second-order valence-corrected chi connectivity index (χ2v) is 3.24. The summed E-state index contributed by atoms with van der Waals surface area (Å²) in [5.74, 6) is 0. The van der Waals surface area contributed by atoms with Crippen LogP contribution < -0.4 is 4.73 Å². The number of nitrogens with zero attached hydrogens (tertiary/aromatic N) is 2.